The van der Waals surface area contributed by atoms with E-state index in [-0.39, 0.29) is 24.8 Å². The van der Waals surface area contributed by atoms with E-state index in [1.807, 2.05) is 19.1 Å². The maximum atomic E-state index is 13.1. The third kappa shape index (κ3) is 5.54. The van der Waals surface area contributed by atoms with E-state index in [0.29, 0.717) is 53.2 Å². The maximum Gasteiger partial charge on any atom is 0.414 e. The molecule has 4 heterocycles. The van der Waals surface area contributed by atoms with Crippen molar-refractivity contribution in [1.82, 2.24) is 15.0 Å². The van der Waals surface area contributed by atoms with Crippen molar-refractivity contribution < 1.29 is 24.1 Å². The number of nitriles is 1. The summed E-state index contributed by atoms with van der Waals surface area (Å²) in [5, 5.41) is 23.6. The highest BCUT2D eigenvalue weighted by atomic mass is 16.6. The molecule has 40 heavy (non-hydrogen) atoms. The molecule has 208 valence electrons. The second-order valence-corrected chi connectivity index (χ2v) is 11.2. The SMILES string of the molecule is CC(C)(C)OC(=O)N1CC(C)(CO)c2cc(-c3ccnc(Nc4cccnc4OC4CCOC4)n3)cc(C#N)c21. The number of benzene rings is 1. The van der Waals surface area contributed by atoms with E-state index in [2.05, 4.69) is 26.3 Å². The molecule has 2 aliphatic rings. The van der Waals surface area contributed by atoms with E-state index in [4.69, 9.17) is 14.2 Å². The lowest BCUT2D eigenvalue weighted by Gasteiger charge is -2.26. The number of rotatable bonds is 6. The number of anilines is 3. The minimum atomic E-state index is -0.798. The van der Waals surface area contributed by atoms with Crippen LogP contribution in [0.15, 0.2) is 42.7 Å². The predicted octanol–water partition coefficient (Wildman–Crippen LogP) is 4.33. The van der Waals surface area contributed by atoms with Crippen LogP contribution >= 0.6 is 0 Å². The fourth-order valence-corrected chi connectivity index (χ4v) is 4.78. The fraction of sp³-hybridized carbons (Fsp3) is 0.414. The van der Waals surface area contributed by atoms with Gasteiger partial charge < -0.3 is 24.6 Å². The normalized spacial score (nSPS) is 20.1. The number of pyridine rings is 1. The summed E-state index contributed by atoms with van der Waals surface area (Å²) in [5.41, 5.74) is 1.71. The van der Waals surface area contributed by atoms with Gasteiger partial charge in [0, 0.05) is 36.3 Å². The van der Waals surface area contributed by atoms with Crippen molar-refractivity contribution in [1.29, 1.82) is 5.26 Å². The molecule has 1 amide bonds. The number of carbonyl (C=O) groups is 1. The van der Waals surface area contributed by atoms with Crippen LogP contribution < -0.4 is 15.0 Å². The van der Waals surface area contributed by atoms with E-state index in [1.54, 1.807) is 51.4 Å². The molecular weight excluding hydrogens is 512 g/mol. The van der Waals surface area contributed by atoms with Gasteiger partial charge in [-0.15, -0.1) is 0 Å². The Labute approximate surface area is 232 Å². The molecule has 1 fully saturated rings. The molecule has 1 saturated heterocycles. The number of carbonyl (C=O) groups excluding carboxylic acids is 1. The first-order chi connectivity index (χ1) is 19.1. The second-order valence-electron chi connectivity index (χ2n) is 11.2. The molecule has 0 bridgehead atoms. The van der Waals surface area contributed by atoms with Crippen LogP contribution in [0.1, 0.15) is 45.2 Å². The number of aliphatic hydroxyl groups is 1. The molecule has 2 atom stereocenters. The number of nitrogens with one attached hydrogen (secondary N) is 1. The van der Waals surface area contributed by atoms with Crippen LogP contribution in [0.25, 0.3) is 11.3 Å². The molecule has 0 spiro atoms. The number of fused-ring (bicyclic) bond motifs is 1. The lowest BCUT2D eigenvalue weighted by Crippen LogP contribution is -2.40. The number of hydrogen-bond acceptors (Lipinski definition) is 10. The standard InChI is InChI=1S/C29H32N6O5/c1-28(2,3)40-27(37)35-16-29(4,17-36)21-13-18(12-19(14-30)24(21)35)22-7-10-32-26(33-22)34-23-6-5-9-31-25(23)39-20-8-11-38-15-20/h5-7,9-10,12-13,20,36H,8,11,15-17H2,1-4H3,(H,32,33,34). The highest BCUT2D eigenvalue weighted by Crippen LogP contribution is 2.45. The Morgan fingerprint density at radius 1 is 1.30 bits per heavy atom. The number of ether oxygens (including phenoxy) is 3. The first kappa shape index (κ1) is 27.3. The summed E-state index contributed by atoms with van der Waals surface area (Å²) in [7, 11) is 0. The van der Waals surface area contributed by atoms with Gasteiger partial charge in [-0.3, -0.25) is 4.90 Å². The van der Waals surface area contributed by atoms with Crippen LogP contribution in [0.5, 0.6) is 5.88 Å². The van der Waals surface area contributed by atoms with Crippen molar-refractivity contribution in [2.75, 3.05) is 36.6 Å². The molecule has 0 aliphatic carbocycles. The number of nitrogens with zero attached hydrogens (tertiary/aromatic N) is 5. The molecule has 2 aromatic heterocycles. The number of aliphatic hydroxyl groups excluding tert-OH is 1. The monoisotopic (exact) mass is 544 g/mol. The number of hydrogen-bond donors (Lipinski definition) is 2. The summed E-state index contributed by atoms with van der Waals surface area (Å²) in [6.07, 6.45) is 3.42. The molecule has 1 aromatic carbocycles. The van der Waals surface area contributed by atoms with E-state index in [0.717, 1.165) is 6.42 Å². The molecule has 2 unspecified atom stereocenters. The van der Waals surface area contributed by atoms with Crippen LogP contribution in [0.3, 0.4) is 0 Å². The topological polar surface area (TPSA) is 143 Å². The summed E-state index contributed by atoms with van der Waals surface area (Å²) < 4.78 is 17.0. The average molecular weight is 545 g/mol. The van der Waals surface area contributed by atoms with Gasteiger partial charge in [-0.2, -0.15) is 5.26 Å². The summed E-state index contributed by atoms with van der Waals surface area (Å²) in [6.45, 7) is 8.33. The number of amides is 1. The van der Waals surface area contributed by atoms with Gasteiger partial charge >= 0.3 is 6.09 Å². The Balaban J connectivity index is 1.48. The van der Waals surface area contributed by atoms with Crippen LogP contribution in [0.4, 0.5) is 22.1 Å². The van der Waals surface area contributed by atoms with Gasteiger partial charge in [0.15, 0.2) is 0 Å². The van der Waals surface area contributed by atoms with Crippen molar-refractivity contribution in [3.05, 3.63) is 53.9 Å². The summed E-state index contributed by atoms with van der Waals surface area (Å²) >= 11 is 0. The van der Waals surface area contributed by atoms with Gasteiger partial charge in [0.05, 0.1) is 36.8 Å². The molecular formula is C29H32N6O5. The van der Waals surface area contributed by atoms with Gasteiger partial charge in [-0.05, 0) is 56.7 Å². The van der Waals surface area contributed by atoms with Gasteiger partial charge in [-0.25, -0.2) is 19.7 Å². The van der Waals surface area contributed by atoms with E-state index >= 15 is 0 Å². The van der Waals surface area contributed by atoms with Crippen LogP contribution in [-0.4, -0.2) is 64.2 Å². The van der Waals surface area contributed by atoms with Gasteiger partial charge in [-0.1, -0.05) is 6.92 Å². The van der Waals surface area contributed by atoms with Gasteiger partial charge in [0.25, 0.3) is 0 Å². The van der Waals surface area contributed by atoms with E-state index < -0.39 is 17.1 Å². The predicted molar refractivity (Wildman–Crippen MR) is 148 cm³/mol. The molecule has 3 aromatic rings. The van der Waals surface area contributed by atoms with Gasteiger partial charge in [0.2, 0.25) is 11.8 Å². The highest BCUT2D eigenvalue weighted by molar-refractivity contribution is 5.95. The average Bonchev–Trinajstić information content (AvgIpc) is 3.55. The zero-order chi connectivity index (χ0) is 28.5. The molecule has 11 heteroatoms. The number of aromatic nitrogens is 3. The quantitative estimate of drug-likeness (QED) is 0.460. The van der Waals surface area contributed by atoms with Crippen molar-refractivity contribution in [3.8, 4) is 23.2 Å². The Bertz CT molecular complexity index is 1460. The van der Waals surface area contributed by atoms with E-state index in [1.165, 1.54) is 4.90 Å². The van der Waals surface area contributed by atoms with Crippen molar-refractivity contribution in [3.63, 3.8) is 0 Å². The lowest BCUT2D eigenvalue weighted by molar-refractivity contribution is 0.0575. The molecule has 5 rings (SSSR count). The van der Waals surface area contributed by atoms with Crippen molar-refractivity contribution in [2.24, 2.45) is 0 Å². The Morgan fingerprint density at radius 2 is 2.12 bits per heavy atom. The first-order valence-electron chi connectivity index (χ1n) is 13.1. The zero-order valence-electron chi connectivity index (χ0n) is 23.0. The van der Waals surface area contributed by atoms with Crippen molar-refractivity contribution in [2.45, 2.75) is 51.2 Å². The third-order valence-corrected chi connectivity index (χ3v) is 6.76. The van der Waals surface area contributed by atoms with Crippen molar-refractivity contribution >= 4 is 23.4 Å². The van der Waals surface area contributed by atoms with E-state index in [9.17, 15) is 15.2 Å². The first-order valence-corrected chi connectivity index (χ1v) is 13.1. The molecule has 2 aliphatic heterocycles. The minimum Gasteiger partial charge on any atom is -0.470 e. The Hall–Kier alpha value is -4.27. The lowest BCUT2D eigenvalue weighted by atomic mass is 9.83. The molecule has 0 radical (unpaired) electrons. The minimum absolute atomic E-state index is 0.0698. The van der Waals surface area contributed by atoms with Crippen LogP contribution in [0, 0.1) is 11.3 Å². The van der Waals surface area contributed by atoms with Crippen LogP contribution in [0.2, 0.25) is 0 Å². The van der Waals surface area contributed by atoms with Crippen LogP contribution in [-0.2, 0) is 14.9 Å². The summed E-state index contributed by atoms with van der Waals surface area (Å²) in [5.74, 6) is 0.745. The Kier molecular flexibility index (Phi) is 7.31. The highest BCUT2D eigenvalue weighted by Gasteiger charge is 2.44. The largest absolute Gasteiger partial charge is 0.470 e. The Morgan fingerprint density at radius 3 is 2.83 bits per heavy atom. The summed E-state index contributed by atoms with van der Waals surface area (Å²) in [6, 6.07) is 11.1. The third-order valence-electron chi connectivity index (χ3n) is 6.76. The molecule has 0 saturated carbocycles. The molecule has 2 N–H and O–H groups in total. The maximum absolute atomic E-state index is 13.1. The second kappa shape index (κ2) is 10.7. The molecule has 11 nitrogen and oxygen atoms in total. The summed E-state index contributed by atoms with van der Waals surface area (Å²) in [4.78, 5) is 27.9. The fourth-order valence-electron chi connectivity index (χ4n) is 4.78. The zero-order valence-corrected chi connectivity index (χ0v) is 23.0. The van der Waals surface area contributed by atoms with Gasteiger partial charge in [0.1, 0.15) is 23.5 Å². The smallest absolute Gasteiger partial charge is 0.414 e.